The first-order valence-electron chi connectivity index (χ1n) is 3.77. The molecule has 4 aliphatic carbocycles. The summed E-state index contributed by atoms with van der Waals surface area (Å²) in [6, 6.07) is 0. The molecule has 0 aromatic heterocycles. The fraction of sp³-hybridized carbons (Fsp3) is 1.00. The van der Waals surface area contributed by atoms with Crippen LogP contribution in [-0.4, -0.2) is 33.6 Å². The highest BCUT2D eigenvalue weighted by atomic mass is 16.3. The summed E-state index contributed by atoms with van der Waals surface area (Å²) < 4.78 is 0. The first kappa shape index (κ1) is 5.52. The van der Waals surface area contributed by atoms with Gasteiger partial charge in [-0.1, -0.05) is 0 Å². The van der Waals surface area contributed by atoms with E-state index in [0.29, 0.717) is 0 Å². The molecule has 0 radical (unpaired) electrons. The van der Waals surface area contributed by atoms with Crippen LogP contribution in [0.3, 0.4) is 0 Å². The molecule has 0 saturated heterocycles. The molecular weight excluding hydrogens is 132 g/mol. The van der Waals surface area contributed by atoms with Crippen LogP contribution in [0, 0.1) is 23.7 Å². The Morgan fingerprint density at radius 3 is 0.900 bits per heavy atom. The van der Waals surface area contributed by atoms with Crippen LogP contribution in [-0.2, 0) is 0 Å². The van der Waals surface area contributed by atoms with Gasteiger partial charge in [-0.25, -0.2) is 0 Å². The molecule has 3 N–H and O–H groups in total. The third-order valence-corrected chi connectivity index (χ3v) is 3.56. The first-order valence-corrected chi connectivity index (χ1v) is 3.77. The molecule has 4 aliphatic rings. The molecule has 0 spiro atoms. The van der Waals surface area contributed by atoms with E-state index in [9.17, 15) is 15.3 Å². The quantitative estimate of drug-likeness (QED) is 0.389. The SMILES string of the molecule is O[C@H]1C2C3C2[C@H](O)C1[C@H]3O. The lowest BCUT2D eigenvalue weighted by Crippen LogP contribution is -2.27. The zero-order chi connectivity index (χ0) is 7.04. The second kappa shape index (κ2) is 1.26. The van der Waals surface area contributed by atoms with E-state index in [-0.39, 0.29) is 23.7 Å². The molecule has 0 unspecified atom stereocenters. The fourth-order valence-electron chi connectivity index (χ4n) is 3.13. The van der Waals surface area contributed by atoms with E-state index in [1.807, 2.05) is 0 Å². The Kier molecular flexibility index (Phi) is 0.698. The van der Waals surface area contributed by atoms with Crippen molar-refractivity contribution >= 4 is 0 Å². The van der Waals surface area contributed by atoms with Gasteiger partial charge in [0.15, 0.2) is 0 Å². The van der Waals surface area contributed by atoms with E-state index in [1.54, 1.807) is 0 Å². The fourth-order valence-corrected chi connectivity index (χ4v) is 3.13. The van der Waals surface area contributed by atoms with E-state index in [4.69, 9.17) is 0 Å². The molecule has 0 amide bonds. The highest BCUT2D eigenvalue weighted by Crippen LogP contribution is 2.70. The molecule has 4 rings (SSSR count). The third kappa shape index (κ3) is 0.325. The Morgan fingerprint density at radius 1 is 0.500 bits per heavy atom. The van der Waals surface area contributed by atoms with Crippen LogP contribution in [0.25, 0.3) is 0 Å². The summed E-state index contributed by atoms with van der Waals surface area (Å²) in [5.41, 5.74) is 0. The summed E-state index contributed by atoms with van der Waals surface area (Å²) in [7, 11) is 0. The molecule has 4 bridgehead atoms. The molecule has 3 atom stereocenters. The van der Waals surface area contributed by atoms with Gasteiger partial charge in [-0.3, -0.25) is 0 Å². The van der Waals surface area contributed by atoms with Crippen molar-refractivity contribution in [3.05, 3.63) is 0 Å². The van der Waals surface area contributed by atoms with Crippen molar-refractivity contribution < 1.29 is 15.3 Å². The molecule has 4 fully saturated rings. The normalized spacial score (nSPS) is 76.5. The molecule has 4 saturated carbocycles. The lowest BCUT2D eigenvalue weighted by molar-refractivity contribution is 0.0205. The number of aliphatic hydroxyl groups excluding tert-OH is 3. The molecule has 0 aromatic carbocycles. The minimum atomic E-state index is -0.417. The van der Waals surface area contributed by atoms with Gasteiger partial charge >= 0.3 is 0 Å². The van der Waals surface area contributed by atoms with E-state index < -0.39 is 18.3 Å². The summed E-state index contributed by atoms with van der Waals surface area (Å²) in [5.74, 6) is 0.472. The predicted octanol–water partition coefficient (Wildman–Crippen LogP) is -1.43. The third-order valence-electron chi connectivity index (χ3n) is 3.56. The minimum absolute atomic E-state index is 0.222. The van der Waals surface area contributed by atoms with E-state index in [1.165, 1.54) is 0 Å². The number of hydrogen-bond donors (Lipinski definition) is 3. The van der Waals surface area contributed by atoms with E-state index in [0.717, 1.165) is 0 Å². The molecule has 0 aromatic rings. The summed E-state index contributed by atoms with van der Waals surface area (Å²) >= 11 is 0. The van der Waals surface area contributed by atoms with Crippen LogP contribution in [0.15, 0.2) is 0 Å². The smallest absolute Gasteiger partial charge is 0.0653 e. The molecule has 10 heavy (non-hydrogen) atoms. The lowest BCUT2D eigenvalue weighted by Gasteiger charge is -2.13. The van der Waals surface area contributed by atoms with Crippen molar-refractivity contribution in [2.24, 2.45) is 23.7 Å². The zero-order valence-electron chi connectivity index (χ0n) is 5.38. The Morgan fingerprint density at radius 2 is 0.800 bits per heavy atom. The predicted molar refractivity (Wildman–Crippen MR) is 32.0 cm³/mol. The molecule has 3 nitrogen and oxygen atoms in total. The van der Waals surface area contributed by atoms with Crippen molar-refractivity contribution in [3.63, 3.8) is 0 Å². The highest BCUT2D eigenvalue weighted by Gasteiger charge is 2.78. The number of aliphatic hydroxyl groups is 3. The summed E-state index contributed by atoms with van der Waals surface area (Å²) in [5, 5.41) is 28.1. The van der Waals surface area contributed by atoms with E-state index in [2.05, 4.69) is 0 Å². The first-order chi connectivity index (χ1) is 4.73. The summed E-state index contributed by atoms with van der Waals surface area (Å²) in [4.78, 5) is 0. The van der Waals surface area contributed by atoms with Crippen LogP contribution < -0.4 is 0 Å². The topological polar surface area (TPSA) is 60.7 Å². The zero-order valence-corrected chi connectivity index (χ0v) is 5.38. The van der Waals surface area contributed by atoms with Crippen molar-refractivity contribution in [2.75, 3.05) is 0 Å². The molecule has 0 heterocycles. The van der Waals surface area contributed by atoms with Crippen molar-refractivity contribution in [3.8, 4) is 0 Å². The van der Waals surface area contributed by atoms with Gasteiger partial charge in [-0.15, -0.1) is 0 Å². The lowest BCUT2D eigenvalue weighted by atomic mass is 10.1. The second-order valence-corrected chi connectivity index (χ2v) is 3.78. The maximum Gasteiger partial charge on any atom is 0.0653 e. The molecular formula is C7H10O3. The maximum absolute atomic E-state index is 9.37. The van der Waals surface area contributed by atoms with Crippen molar-refractivity contribution in [1.82, 2.24) is 0 Å². The van der Waals surface area contributed by atoms with Crippen LogP contribution >= 0.6 is 0 Å². The molecule has 3 heteroatoms. The van der Waals surface area contributed by atoms with Gasteiger partial charge in [0.2, 0.25) is 0 Å². The van der Waals surface area contributed by atoms with Crippen LogP contribution in [0.5, 0.6) is 0 Å². The van der Waals surface area contributed by atoms with Gasteiger partial charge in [-0.2, -0.15) is 0 Å². The van der Waals surface area contributed by atoms with Crippen LogP contribution in [0.2, 0.25) is 0 Å². The largest absolute Gasteiger partial charge is 0.392 e. The Bertz CT molecular complexity index is 146. The average molecular weight is 142 g/mol. The number of hydrogen-bond acceptors (Lipinski definition) is 3. The van der Waals surface area contributed by atoms with Gasteiger partial charge < -0.3 is 15.3 Å². The molecule has 0 aliphatic heterocycles. The molecule has 56 valence electrons. The standard InChI is InChI=1S/C7H10O3/c8-5-1-2-3(1)7(10)4(5)6(2)9/h1-10H/t1?,2?,3?,4?,5-,6-,7-/m0/s1. The maximum atomic E-state index is 9.37. The van der Waals surface area contributed by atoms with Crippen LogP contribution in [0.1, 0.15) is 0 Å². The van der Waals surface area contributed by atoms with Gasteiger partial charge in [0.25, 0.3) is 0 Å². The Hall–Kier alpha value is -0.120. The summed E-state index contributed by atoms with van der Waals surface area (Å²) in [6.07, 6.45) is -1.25. The average Bonchev–Trinajstić information content (AvgIpc) is 2.39. The second-order valence-electron chi connectivity index (χ2n) is 3.78. The van der Waals surface area contributed by atoms with Crippen molar-refractivity contribution in [2.45, 2.75) is 18.3 Å². The Balaban J connectivity index is 2.06. The summed E-state index contributed by atoms with van der Waals surface area (Å²) in [6.45, 7) is 0. The highest BCUT2D eigenvalue weighted by molar-refractivity contribution is 5.25. The Labute approximate surface area is 58.3 Å². The van der Waals surface area contributed by atoms with Gasteiger partial charge in [0, 0.05) is 5.92 Å². The van der Waals surface area contributed by atoms with Crippen LogP contribution in [0.4, 0.5) is 0 Å². The van der Waals surface area contributed by atoms with Gasteiger partial charge in [0.05, 0.1) is 18.3 Å². The van der Waals surface area contributed by atoms with E-state index >= 15 is 0 Å². The number of rotatable bonds is 0. The van der Waals surface area contributed by atoms with Gasteiger partial charge in [0.1, 0.15) is 0 Å². The monoisotopic (exact) mass is 142 g/mol. The minimum Gasteiger partial charge on any atom is -0.392 e. The van der Waals surface area contributed by atoms with Crippen molar-refractivity contribution in [1.29, 1.82) is 0 Å². The van der Waals surface area contributed by atoms with Gasteiger partial charge in [-0.05, 0) is 17.8 Å².